The van der Waals surface area contributed by atoms with Gasteiger partial charge in [-0.2, -0.15) is 11.3 Å². The molecule has 0 aromatic carbocycles. The second kappa shape index (κ2) is 6.77. The van der Waals surface area contributed by atoms with Gasteiger partial charge < -0.3 is 14.4 Å². The van der Waals surface area contributed by atoms with Crippen LogP contribution >= 0.6 is 11.3 Å². The molecule has 124 valence electrons. The third-order valence-electron chi connectivity index (χ3n) is 4.10. The van der Waals surface area contributed by atoms with Crippen LogP contribution in [0, 0.1) is 6.92 Å². The first kappa shape index (κ1) is 16.1. The molecule has 3 heterocycles. The highest BCUT2D eigenvalue weighted by molar-refractivity contribution is 7.08. The monoisotopic (exact) mass is 336 g/mol. The lowest BCUT2D eigenvalue weighted by molar-refractivity contribution is 0.0743. The number of thiophene rings is 1. The van der Waals surface area contributed by atoms with E-state index in [0.29, 0.717) is 37.0 Å². The second-order valence-corrected chi connectivity index (χ2v) is 6.41. The maximum atomic E-state index is 12.4. The highest BCUT2D eigenvalue weighted by Crippen LogP contribution is 2.21. The van der Waals surface area contributed by atoms with Gasteiger partial charge in [-0.3, -0.25) is 9.69 Å². The van der Waals surface area contributed by atoms with E-state index in [0.717, 1.165) is 6.54 Å². The molecule has 2 aromatic heterocycles. The molecule has 0 spiro atoms. The van der Waals surface area contributed by atoms with E-state index in [-0.39, 0.29) is 11.9 Å². The van der Waals surface area contributed by atoms with Crippen molar-refractivity contribution < 1.29 is 14.3 Å². The zero-order chi connectivity index (χ0) is 16.4. The number of amides is 1. The Kier molecular flexibility index (Phi) is 4.74. The summed E-state index contributed by atoms with van der Waals surface area (Å²) in [4.78, 5) is 16.2. The van der Waals surface area contributed by atoms with Crippen molar-refractivity contribution in [1.29, 1.82) is 0 Å². The van der Waals surface area contributed by atoms with Crippen LogP contribution in [0.3, 0.4) is 0 Å². The molecule has 0 radical (unpaired) electrons. The van der Waals surface area contributed by atoms with Crippen molar-refractivity contribution >= 4 is 17.2 Å². The number of nitrogens with zero attached hydrogens (tertiary/aromatic N) is 4. The Hall–Kier alpha value is -1.77. The van der Waals surface area contributed by atoms with Crippen LogP contribution in [-0.2, 0) is 6.54 Å². The number of hydrogen-bond donors (Lipinski definition) is 1. The van der Waals surface area contributed by atoms with Gasteiger partial charge in [0.05, 0.1) is 24.3 Å². The molecule has 0 saturated carbocycles. The van der Waals surface area contributed by atoms with Crippen molar-refractivity contribution in [2.24, 2.45) is 0 Å². The van der Waals surface area contributed by atoms with Crippen LogP contribution in [0.4, 0.5) is 0 Å². The van der Waals surface area contributed by atoms with E-state index < -0.39 is 6.10 Å². The van der Waals surface area contributed by atoms with E-state index in [9.17, 15) is 9.90 Å². The molecule has 7 nitrogen and oxygen atoms in total. The third-order valence-corrected chi connectivity index (χ3v) is 4.78. The summed E-state index contributed by atoms with van der Waals surface area (Å²) in [5.74, 6) is 1.02. The van der Waals surface area contributed by atoms with Crippen LogP contribution < -0.4 is 0 Å². The van der Waals surface area contributed by atoms with Gasteiger partial charge in [0, 0.05) is 25.4 Å². The van der Waals surface area contributed by atoms with Gasteiger partial charge in [0.15, 0.2) is 0 Å². The summed E-state index contributed by atoms with van der Waals surface area (Å²) in [5, 5.41) is 21.9. The molecule has 1 saturated heterocycles. The van der Waals surface area contributed by atoms with Gasteiger partial charge in [-0.05, 0) is 18.0 Å². The SMILES string of the molecule is CCN(Cc1nnc(C)o1)[C@H]1CN(C(=O)c2ccsc2)C[C@H]1O. The average molecular weight is 336 g/mol. The standard InChI is InChI=1S/C15H20N4O3S/c1-3-18(8-14-17-16-10(2)22-14)12-6-19(7-13(12)20)15(21)11-4-5-23-9-11/h4-5,9,12-13,20H,3,6-8H2,1-2H3/t12-,13+/m0/s1. The maximum absolute atomic E-state index is 12.4. The number of carbonyl (C=O) groups is 1. The molecule has 1 fully saturated rings. The minimum Gasteiger partial charge on any atom is -0.424 e. The Labute approximate surface area is 138 Å². The molecule has 8 heteroatoms. The van der Waals surface area contributed by atoms with Gasteiger partial charge in [-0.15, -0.1) is 10.2 Å². The summed E-state index contributed by atoms with van der Waals surface area (Å²) in [5.41, 5.74) is 0.679. The fourth-order valence-electron chi connectivity index (χ4n) is 2.90. The number of likely N-dealkylation sites (N-methyl/N-ethyl adjacent to an activating group) is 1. The van der Waals surface area contributed by atoms with Crippen LogP contribution in [0.1, 0.15) is 29.1 Å². The number of rotatable bonds is 5. The largest absolute Gasteiger partial charge is 0.424 e. The fraction of sp³-hybridized carbons (Fsp3) is 0.533. The summed E-state index contributed by atoms with van der Waals surface area (Å²) < 4.78 is 5.42. The topological polar surface area (TPSA) is 82.7 Å². The van der Waals surface area contributed by atoms with Crippen molar-refractivity contribution in [1.82, 2.24) is 20.0 Å². The minimum atomic E-state index is -0.582. The Morgan fingerprint density at radius 3 is 2.96 bits per heavy atom. The average Bonchev–Trinajstić information content (AvgIpc) is 3.25. The van der Waals surface area contributed by atoms with E-state index in [2.05, 4.69) is 15.1 Å². The van der Waals surface area contributed by atoms with Gasteiger partial charge in [0.1, 0.15) is 0 Å². The van der Waals surface area contributed by atoms with Crippen LogP contribution in [0.2, 0.25) is 0 Å². The van der Waals surface area contributed by atoms with Gasteiger partial charge in [0.2, 0.25) is 11.8 Å². The van der Waals surface area contributed by atoms with Gasteiger partial charge >= 0.3 is 0 Å². The molecule has 23 heavy (non-hydrogen) atoms. The predicted octanol–water partition coefficient (Wildman–Crippen LogP) is 1.15. The molecule has 1 aliphatic heterocycles. The smallest absolute Gasteiger partial charge is 0.254 e. The lowest BCUT2D eigenvalue weighted by atomic mass is 10.2. The molecule has 0 bridgehead atoms. The number of aromatic nitrogens is 2. The Balaban J connectivity index is 1.68. The molecule has 3 rings (SSSR count). The first-order valence-electron chi connectivity index (χ1n) is 7.61. The Bertz CT molecular complexity index is 657. The molecule has 2 atom stereocenters. The lowest BCUT2D eigenvalue weighted by Gasteiger charge is -2.27. The highest BCUT2D eigenvalue weighted by atomic mass is 32.1. The maximum Gasteiger partial charge on any atom is 0.254 e. The van der Waals surface area contributed by atoms with Crippen molar-refractivity contribution in [2.45, 2.75) is 32.5 Å². The summed E-state index contributed by atoms with van der Waals surface area (Å²) in [6, 6.07) is 1.68. The Morgan fingerprint density at radius 1 is 1.52 bits per heavy atom. The van der Waals surface area contributed by atoms with Gasteiger partial charge in [0.25, 0.3) is 5.91 Å². The zero-order valence-electron chi connectivity index (χ0n) is 13.2. The number of hydrogen-bond acceptors (Lipinski definition) is 7. The lowest BCUT2D eigenvalue weighted by Crippen LogP contribution is -2.43. The summed E-state index contributed by atoms with van der Waals surface area (Å²) in [7, 11) is 0. The molecule has 1 amide bonds. The molecule has 1 aliphatic rings. The number of carbonyl (C=O) groups excluding carboxylic acids is 1. The van der Waals surface area contributed by atoms with Crippen LogP contribution in [0.5, 0.6) is 0 Å². The number of aliphatic hydroxyl groups is 1. The molecule has 0 unspecified atom stereocenters. The first-order chi connectivity index (χ1) is 11.1. The summed E-state index contributed by atoms with van der Waals surface area (Å²) >= 11 is 1.50. The van der Waals surface area contributed by atoms with E-state index in [1.165, 1.54) is 11.3 Å². The van der Waals surface area contributed by atoms with E-state index in [4.69, 9.17) is 4.42 Å². The van der Waals surface area contributed by atoms with Crippen molar-refractivity contribution in [3.8, 4) is 0 Å². The highest BCUT2D eigenvalue weighted by Gasteiger charge is 2.38. The molecule has 0 aliphatic carbocycles. The number of likely N-dealkylation sites (tertiary alicyclic amines) is 1. The predicted molar refractivity (Wildman–Crippen MR) is 85.1 cm³/mol. The normalized spacial score (nSPS) is 21.3. The van der Waals surface area contributed by atoms with Crippen LogP contribution in [-0.4, -0.2) is 62.8 Å². The van der Waals surface area contributed by atoms with Crippen molar-refractivity contribution in [3.63, 3.8) is 0 Å². The van der Waals surface area contributed by atoms with E-state index in [1.807, 2.05) is 23.8 Å². The molecule has 1 N–H and O–H groups in total. The van der Waals surface area contributed by atoms with Crippen LogP contribution in [0.15, 0.2) is 21.2 Å². The number of aryl methyl sites for hydroxylation is 1. The van der Waals surface area contributed by atoms with Crippen molar-refractivity contribution in [3.05, 3.63) is 34.2 Å². The minimum absolute atomic E-state index is 0.0301. The summed E-state index contributed by atoms with van der Waals surface area (Å²) in [6.45, 7) is 5.80. The van der Waals surface area contributed by atoms with Crippen LogP contribution in [0.25, 0.3) is 0 Å². The van der Waals surface area contributed by atoms with E-state index >= 15 is 0 Å². The zero-order valence-corrected chi connectivity index (χ0v) is 14.0. The first-order valence-corrected chi connectivity index (χ1v) is 8.55. The third kappa shape index (κ3) is 3.44. The molecular formula is C15H20N4O3S. The quantitative estimate of drug-likeness (QED) is 0.882. The molecular weight excluding hydrogens is 316 g/mol. The van der Waals surface area contributed by atoms with Crippen molar-refractivity contribution in [2.75, 3.05) is 19.6 Å². The van der Waals surface area contributed by atoms with Gasteiger partial charge in [-0.25, -0.2) is 0 Å². The number of β-amino-alcohol motifs (C(OH)–C–C–N with tert-alkyl or cyclic N) is 1. The van der Waals surface area contributed by atoms with E-state index in [1.54, 1.807) is 11.8 Å². The Morgan fingerprint density at radius 2 is 2.35 bits per heavy atom. The fourth-order valence-corrected chi connectivity index (χ4v) is 3.53. The summed E-state index contributed by atoms with van der Waals surface area (Å²) in [6.07, 6.45) is -0.582. The second-order valence-electron chi connectivity index (χ2n) is 5.63. The molecule has 2 aromatic rings. The van der Waals surface area contributed by atoms with Gasteiger partial charge in [-0.1, -0.05) is 6.92 Å². The number of aliphatic hydroxyl groups excluding tert-OH is 1.